The molecule has 0 aliphatic carbocycles. The Morgan fingerprint density at radius 3 is 2.22 bits per heavy atom. The molecular formula is C28H30N2O6. The molecule has 0 atom stereocenters. The van der Waals surface area contributed by atoms with Gasteiger partial charge in [-0.2, -0.15) is 0 Å². The number of nitrogens with two attached hydrogens (primary N) is 1. The van der Waals surface area contributed by atoms with E-state index in [2.05, 4.69) is 13.8 Å². The van der Waals surface area contributed by atoms with Crippen LogP contribution in [0.1, 0.15) is 73.0 Å². The van der Waals surface area contributed by atoms with Gasteiger partial charge in [-0.25, -0.2) is 14.4 Å². The molecule has 0 radical (unpaired) electrons. The number of nitrogens with zero attached hydrogens (tertiary/aromatic N) is 1. The zero-order chi connectivity index (χ0) is 26.6. The van der Waals surface area contributed by atoms with Crippen molar-refractivity contribution in [3.05, 3.63) is 87.2 Å². The Kier molecular flexibility index (Phi) is 8.22. The second-order valence-electron chi connectivity index (χ2n) is 9.10. The van der Waals surface area contributed by atoms with Gasteiger partial charge in [0.05, 0.1) is 22.4 Å². The molecule has 4 N–H and O–H groups in total. The molecule has 3 aromatic rings. The van der Waals surface area contributed by atoms with E-state index < -0.39 is 17.9 Å². The van der Waals surface area contributed by atoms with Crippen molar-refractivity contribution in [2.75, 3.05) is 0 Å². The Labute approximate surface area is 209 Å². The zero-order valence-corrected chi connectivity index (χ0v) is 20.8. The molecule has 2 aromatic carbocycles. The first-order valence-electron chi connectivity index (χ1n) is 11.6. The van der Waals surface area contributed by atoms with E-state index in [9.17, 15) is 19.5 Å². The van der Waals surface area contributed by atoms with E-state index in [0.717, 1.165) is 28.5 Å². The molecule has 0 spiro atoms. The number of carbonyl (C=O) groups is 3. The van der Waals surface area contributed by atoms with E-state index in [1.54, 1.807) is 6.92 Å². The van der Waals surface area contributed by atoms with Crippen LogP contribution in [-0.2, 0) is 24.3 Å². The number of rotatable bonds is 9. The van der Waals surface area contributed by atoms with Gasteiger partial charge in [0, 0.05) is 23.4 Å². The highest BCUT2D eigenvalue weighted by atomic mass is 16.5. The van der Waals surface area contributed by atoms with Crippen molar-refractivity contribution >= 4 is 17.9 Å². The average molecular weight is 491 g/mol. The third-order valence-corrected chi connectivity index (χ3v) is 5.86. The van der Waals surface area contributed by atoms with Crippen molar-refractivity contribution in [2.24, 2.45) is 11.7 Å². The van der Waals surface area contributed by atoms with Crippen molar-refractivity contribution in [1.82, 2.24) is 4.98 Å². The fraction of sp³-hybridized carbons (Fsp3) is 0.286. The van der Waals surface area contributed by atoms with Gasteiger partial charge in [0.2, 0.25) is 0 Å². The third-order valence-electron chi connectivity index (χ3n) is 5.86. The summed E-state index contributed by atoms with van der Waals surface area (Å²) in [7, 11) is 0. The number of aryl methyl sites for hydroxylation is 2. The summed E-state index contributed by atoms with van der Waals surface area (Å²) in [5.74, 6) is -2.90. The molecule has 188 valence electrons. The second-order valence-corrected chi connectivity index (χ2v) is 9.10. The average Bonchev–Trinajstić information content (AvgIpc) is 2.82. The van der Waals surface area contributed by atoms with E-state index in [1.807, 2.05) is 31.2 Å². The van der Waals surface area contributed by atoms with Crippen molar-refractivity contribution < 1.29 is 29.3 Å². The Morgan fingerprint density at radius 1 is 1.00 bits per heavy atom. The van der Waals surface area contributed by atoms with E-state index in [0.29, 0.717) is 23.6 Å². The standard InChI is InChI=1S/C28H30N2O6/c1-15(2)11-23-22(13-29)25(18-7-5-16(3)6-8-18)24(17(4)30-23)28(35)36-14-20-10-9-19(26(31)32)12-21(20)27(33)34/h5-10,12,15H,11,13-14,29H2,1-4H3,(H,31,32)(H,33,34). The van der Waals surface area contributed by atoms with Gasteiger partial charge in [0.1, 0.15) is 6.61 Å². The molecule has 36 heavy (non-hydrogen) atoms. The van der Waals surface area contributed by atoms with Crippen LogP contribution in [0, 0.1) is 19.8 Å². The number of aromatic carboxylic acids is 2. The van der Waals surface area contributed by atoms with Crippen LogP contribution in [-0.4, -0.2) is 33.1 Å². The maximum absolute atomic E-state index is 13.4. The fourth-order valence-corrected chi connectivity index (χ4v) is 4.12. The highest BCUT2D eigenvalue weighted by Gasteiger charge is 2.25. The molecule has 3 rings (SSSR count). The first-order chi connectivity index (χ1) is 17.0. The number of pyridine rings is 1. The number of esters is 1. The maximum atomic E-state index is 13.4. The van der Waals surface area contributed by atoms with Crippen molar-refractivity contribution in [2.45, 2.75) is 47.3 Å². The minimum Gasteiger partial charge on any atom is -0.478 e. The van der Waals surface area contributed by atoms with Crippen LogP contribution >= 0.6 is 0 Å². The lowest BCUT2D eigenvalue weighted by Gasteiger charge is -2.20. The Morgan fingerprint density at radius 2 is 1.67 bits per heavy atom. The largest absolute Gasteiger partial charge is 0.478 e. The number of aromatic nitrogens is 1. The SMILES string of the molecule is Cc1ccc(-c2c(CN)c(CC(C)C)nc(C)c2C(=O)OCc2ccc(C(=O)O)cc2C(=O)O)cc1. The number of hydrogen-bond acceptors (Lipinski definition) is 6. The number of hydrogen-bond donors (Lipinski definition) is 3. The third kappa shape index (κ3) is 5.78. The summed E-state index contributed by atoms with van der Waals surface area (Å²) in [5.41, 5.74) is 10.8. The predicted octanol–water partition coefficient (Wildman–Crippen LogP) is 4.78. The minimum atomic E-state index is -1.31. The van der Waals surface area contributed by atoms with Crippen LogP contribution in [0.2, 0.25) is 0 Å². The lowest BCUT2D eigenvalue weighted by Crippen LogP contribution is -2.17. The number of carboxylic acids is 2. The number of carbonyl (C=O) groups excluding carboxylic acids is 1. The van der Waals surface area contributed by atoms with Crippen LogP contribution in [0.3, 0.4) is 0 Å². The van der Waals surface area contributed by atoms with Gasteiger partial charge in [-0.3, -0.25) is 4.98 Å². The maximum Gasteiger partial charge on any atom is 0.340 e. The molecule has 0 aliphatic heterocycles. The van der Waals surface area contributed by atoms with Crippen molar-refractivity contribution in [3.63, 3.8) is 0 Å². The second kappa shape index (κ2) is 11.1. The van der Waals surface area contributed by atoms with E-state index in [-0.39, 0.29) is 35.4 Å². The van der Waals surface area contributed by atoms with E-state index in [1.165, 1.54) is 12.1 Å². The van der Waals surface area contributed by atoms with Gasteiger partial charge in [-0.15, -0.1) is 0 Å². The van der Waals surface area contributed by atoms with E-state index in [4.69, 9.17) is 20.6 Å². The molecule has 8 nitrogen and oxygen atoms in total. The van der Waals surface area contributed by atoms with Gasteiger partial charge in [-0.1, -0.05) is 49.7 Å². The molecular weight excluding hydrogens is 460 g/mol. The van der Waals surface area contributed by atoms with Gasteiger partial charge in [0.25, 0.3) is 0 Å². The quantitative estimate of drug-likeness (QED) is 0.364. The van der Waals surface area contributed by atoms with Gasteiger partial charge >= 0.3 is 17.9 Å². The molecule has 0 unspecified atom stereocenters. The van der Waals surface area contributed by atoms with Crippen LogP contribution in [0.4, 0.5) is 0 Å². The number of ether oxygens (including phenoxy) is 1. The summed E-state index contributed by atoms with van der Waals surface area (Å²) in [6, 6.07) is 11.4. The van der Waals surface area contributed by atoms with Gasteiger partial charge < -0.3 is 20.7 Å². The van der Waals surface area contributed by atoms with E-state index >= 15 is 0 Å². The Bertz CT molecular complexity index is 1310. The molecule has 0 aliphatic rings. The Balaban J connectivity index is 2.08. The summed E-state index contributed by atoms with van der Waals surface area (Å²) in [4.78, 5) is 41.0. The number of carboxylic acid groups (broad SMARTS) is 2. The van der Waals surface area contributed by atoms with Crippen LogP contribution in [0.15, 0.2) is 42.5 Å². The molecule has 8 heteroatoms. The van der Waals surface area contributed by atoms with Crippen LogP contribution in [0.25, 0.3) is 11.1 Å². The van der Waals surface area contributed by atoms with Gasteiger partial charge in [0.15, 0.2) is 0 Å². The summed E-state index contributed by atoms with van der Waals surface area (Å²) in [5, 5.41) is 18.7. The lowest BCUT2D eigenvalue weighted by molar-refractivity contribution is 0.0464. The molecule has 0 saturated carbocycles. The molecule has 1 aromatic heterocycles. The smallest absolute Gasteiger partial charge is 0.340 e. The monoisotopic (exact) mass is 490 g/mol. The zero-order valence-electron chi connectivity index (χ0n) is 20.8. The molecule has 1 heterocycles. The van der Waals surface area contributed by atoms with Gasteiger partial charge in [-0.05, 0) is 49.4 Å². The molecule has 0 fully saturated rings. The molecule has 0 saturated heterocycles. The fourth-order valence-electron chi connectivity index (χ4n) is 4.12. The lowest BCUT2D eigenvalue weighted by atomic mass is 9.90. The van der Waals surface area contributed by atoms with Crippen molar-refractivity contribution in [1.29, 1.82) is 0 Å². The highest BCUT2D eigenvalue weighted by Crippen LogP contribution is 2.33. The van der Waals surface area contributed by atoms with Crippen molar-refractivity contribution in [3.8, 4) is 11.1 Å². The van der Waals surface area contributed by atoms with Crippen LogP contribution < -0.4 is 5.73 Å². The Hall–Kier alpha value is -4.04. The first-order valence-corrected chi connectivity index (χ1v) is 11.6. The normalized spacial score (nSPS) is 10.9. The van der Waals surface area contributed by atoms with Crippen LogP contribution in [0.5, 0.6) is 0 Å². The first kappa shape index (κ1) is 26.6. The summed E-state index contributed by atoms with van der Waals surface area (Å²) in [6.07, 6.45) is 0.694. The summed E-state index contributed by atoms with van der Waals surface area (Å²) < 4.78 is 5.56. The topological polar surface area (TPSA) is 140 Å². The molecule has 0 bridgehead atoms. The predicted molar refractivity (Wildman–Crippen MR) is 135 cm³/mol. The summed E-state index contributed by atoms with van der Waals surface area (Å²) >= 11 is 0. The number of benzene rings is 2. The summed E-state index contributed by atoms with van der Waals surface area (Å²) in [6.45, 7) is 7.71. The molecule has 0 amide bonds. The minimum absolute atomic E-state index is 0.169. The highest BCUT2D eigenvalue weighted by molar-refractivity contribution is 6.00.